The van der Waals surface area contributed by atoms with Crippen LogP contribution in [-0.2, 0) is 42.1 Å². The molecule has 0 aromatic heterocycles. The van der Waals surface area contributed by atoms with Crippen LogP contribution in [0.1, 0.15) is 257 Å². The zero-order chi connectivity index (χ0) is 66.3. The summed E-state index contributed by atoms with van der Waals surface area (Å²) in [5, 5.41) is 7.39. The molecule has 17 nitrogen and oxygen atoms in total. The number of esters is 2. The van der Waals surface area contributed by atoms with E-state index in [4.69, 9.17) is 32.4 Å². The fraction of sp³-hybridized carbons (Fsp3) is 0.689. The summed E-state index contributed by atoms with van der Waals surface area (Å²) in [5.74, 6) is -0.486. The number of fused-ring (bicyclic) bond motifs is 2. The third-order valence-corrected chi connectivity index (χ3v) is 18.1. The van der Waals surface area contributed by atoms with Crippen LogP contribution in [0.15, 0.2) is 65.1 Å². The lowest BCUT2D eigenvalue weighted by atomic mass is 9.90. The zero-order valence-corrected chi connectivity index (χ0v) is 58.5. The van der Waals surface area contributed by atoms with Gasteiger partial charge in [0.1, 0.15) is 37.6 Å². The number of benzene rings is 3. The Bertz CT molecular complexity index is 2740. The highest BCUT2D eigenvalue weighted by Gasteiger charge is 2.27. The molecule has 518 valence electrons. The third-order valence-electron chi connectivity index (χ3n) is 17.1. The van der Waals surface area contributed by atoms with Gasteiger partial charge >= 0.3 is 25.9 Å². The molecule has 2 aromatic rings. The highest BCUT2D eigenvalue weighted by Crippen LogP contribution is 2.44. The summed E-state index contributed by atoms with van der Waals surface area (Å²) in [7, 11) is -4.69. The summed E-state index contributed by atoms with van der Waals surface area (Å²) in [6.07, 6.45) is 34.8. The molecule has 2 amide bonds. The molecule has 1 unspecified atom stereocenters. The van der Waals surface area contributed by atoms with E-state index in [2.05, 4.69) is 98.0 Å². The van der Waals surface area contributed by atoms with Crippen LogP contribution in [0.3, 0.4) is 0 Å². The molecule has 92 heavy (non-hydrogen) atoms. The van der Waals surface area contributed by atoms with Crippen LogP contribution in [0.5, 0.6) is 0 Å². The molecular weight excluding hydrogens is 1180 g/mol. The van der Waals surface area contributed by atoms with Crippen molar-refractivity contribution in [1.82, 2.24) is 15.2 Å². The van der Waals surface area contributed by atoms with E-state index in [1.54, 1.807) is 0 Å². The number of hydrogen-bond donors (Lipinski definition) is 3. The van der Waals surface area contributed by atoms with E-state index in [0.717, 1.165) is 109 Å². The van der Waals surface area contributed by atoms with Crippen LogP contribution in [-0.4, -0.2) is 114 Å². The van der Waals surface area contributed by atoms with Crippen molar-refractivity contribution in [2.75, 3.05) is 83.8 Å². The number of amides is 2. The second-order valence-electron chi connectivity index (χ2n) is 24.5. The Labute approximate surface area is 553 Å². The third kappa shape index (κ3) is 32.7. The molecule has 2 aliphatic rings. The summed E-state index contributed by atoms with van der Waals surface area (Å²) >= 11 is 0. The molecule has 1 heterocycles. The first-order valence-corrected chi connectivity index (χ1v) is 37.5. The Morgan fingerprint density at radius 3 is 1.63 bits per heavy atom. The standard InChI is InChI=1S/C74H119N4O13P/c1-7-13-15-17-19-21-23-25-27-29-31-33-35-37-39-45-70(79)87-59-63(90-71(80)46-40-38-36-34-32-30-28-26-24-22-20-18-16-14-8-2)60-89-92(83,84)88-54-52-76-74(82)86-56-55-85-53-51-75-73(81)65-44-42-41-43-64(65)72-66-49-47-61(77(9-3)10-4)57-68(66)91-69-58-62(48-50-67(69)72)78(11-5)12-6/h41-44,47-50,57-58,63H,7-40,45-46,51-56,59-60H2,1-6H3,(H2-,75,76,81,82,83,84)/p+1/t63-/m0/s1. The van der Waals surface area contributed by atoms with Crippen LogP contribution < -0.4 is 25.5 Å². The fourth-order valence-electron chi connectivity index (χ4n) is 11.7. The van der Waals surface area contributed by atoms with Gasteiger partial charge in [0.15, 0.2) is 6.10 Å². The van der Waals surface area contributed by atoms with Crippen molar-refractivity contribution < 1.29 is 61.0 Å². The van der Waals surface area contributed by atoms with Gasteiger partial charge in [0.25, 0.3) is 5.91 Å². The first kappa shape index (κ1) is 79.1. The number of carbonyl (C=O) groups is 4. The van der Waals surface area contributed by atoms with Gasteiger partial charge in [-0.2, -0.15) is 0 Å². The number of hydrogen-bond acceptors (Lipinski definition) is 13. The zero-order valence-electron chi connectivity index (χ0n) is 57.7. The normalized spacial score (nSPS) is 12.4. The van der Waals surface area contributed by atoms with Crippen LogP contribution in [0.25, 0.3) is 33.4 Å². The topological polar surface area (TPSA) is 204 Å². The van der Waals surface area contributed by atoms with Gasteiger partial charge in [-0.25, -0.2) is 13.9 Å². The van der Waals surface area contributed by atoms with Crippen LogP contribution in [0.4, 0.5) is 10.5 Å². The Morgan fingerprint density at radius 2 is 1.08 bits per heavy atom. The number of phosphoric acid groups is 1. The number of nitrogens with one attached hydrogen (secondary N) is 2. The van der Waals surface area contributed by atoms with Gasteiger partial charge in [0.05, 0.1) is 32.5 Å². The predicted octanol–water partition coefficient (Wildman–Crippen LogP) is 17.4. The summed E-state index contributed by atoms with van der Waals surface area (Å²) in [4.78, 5) is 65.0. The van der Waals surface area contributed by atoms with Crippen molar-refractivity contribution in [3.63, 3.8) is 0 Å². The van der Waals surface area contributed by atoms with E-state index in [1.807, 2.05) is 24.3 Å². The lowest BCUT2D eigenvalue weighted by Gasteiger charge is -2.22. The monoisotopic (exact) mass is 1300 g/mol. The van der Waals surface area contributed by atoms with E-state index in [1.165, 1.54) is 141 Å². The molecule has 2 atom stereocenters. The van der Waals surface area contributed by atoms with Crippen LogP contribution in [0.2, 0.25) is 0 Å². The van der Waals surface area contributed by atoms with E-state index in [-0.39, 0.29) is 58.3 Å². The molecule has 0 fully saturated rings. The van der Waals surface area contributed by atoms with Crippen molar-refractivity contribution in [3.05, 3.63) is 71.6 Å². The summed E-state index contributed by atoms with van der Waals surface area (Å²) in [6.45, 7) is 15.2. The Hall–Kier alpha value is -5.32. The molecule has 0 saturated carbocycles. The van der Waals surface area contributed by atoms with Crippen molar-refractivity contribution in [1.29, 1.82) is 0 Å². The number of nitrogens with zero attached hydrogens (tertiary/aromatic N) is 2. The van der Waals surface area contributed by atoms with Gasteiger partial charge in [-0.15, -0.1) is 0 Å². The largest absolute Gasteiger partial charge is 0.472 e. The maximum absolute atomic E-state index is 13.9. The number of phosphoric ester groups is 1. The number of alkyl carbamates (subject to hydrolysis) is 1. The molecule has 4 rings (SSSR count). The average Bonchev–Trinajstić information content (AvgIpc) is 0.750. The summed E-state index contributed by atoms with van der Waals surface area (Å²) in [6, 6.07) is 20.1. The lowest BCUT2D eigenvalue weighted by Crippen LogP contribution is -2.30. The van der Waals surface area contributed by atoms with Gasteiger partial charge in [0.2, 0.25) is 5.36 Å². The number of carbonyl (C=O) groups excluding carboxylic acids is 4. The molecule has 1 aliphatic heterocycles. The van der Waals surface area contributed by atoms with E-state index >= 15 is 0 Å². The molecule has 3 N–H and O–H groups in total. The molecule has 0 saturated heterocycles. The van der Waals surface area contributed by atoms with E-state index < -0.39 is 45.2 Å². The minimum atomic E-state index is -4.69. The molecule has 0 bridgehead atoms. The average molecular weight is 1300 g/mol. The Kier molecular flexibility index (Phi) is 42.4. The lowest BCUT2D eigenvalue weighted by molar-refractivity contribution is -0.161. The predicted molar refractivity (Wildman–Crippen MR) is 372 cm³/mol. The number of ether oxygens (including phenoxy) is 4. The minimum absolute atomic E-state index is 0.0482. The molecular formula is C74H120N4O13P+. The molecule has 0 radical (unpaired) electrons. The van der Waals surface area contributed by atoms with Crippen molar-refractivity contribution >= 4 is 48.4 Å². The van der Waals surface area contributed by atoms with Crippen LogP contribution >= 0.6 is 7.82 Å². The van der Waals surface area contributed by atoms with E-state index in [9.17, 15) is 28.6 Å². The van der Waals surface area contributed by atoms with E-state index in [0.29, 0.717) is 18.4 Å². The highest BCUT2D eigenvalue weighted by atomic mass is 31.2. The maximum atomic E-state index is 13.9. The number of unbranched alkanes of at least 4 members (excludes halogenated alkanes) is 28. The summed E-state index contributed by atoms with van der Waals surface area (Å²) < 4.78 is 54.2. The Morgan fingerprint density at radius 1 is 0.543 bits per heavy atom. The van der Waals surface area contributed by atoms with Gasteiger partial charge < -0.3 is 43.8 Å². The summed E-state index contributed by atoms with van der Waals surface area (Å²) in [5.41, 5.74) is 4.84. The molecule has 2 aromatic carbocycles. The first-order valence-electron chi connectivity index (χ1n) is 36.0. The van der Waals surface area contributed by atoms with Gasteiger partial charge in [-0.1, -0.05) is 212 Å². The maximum Gasteiger partial charge on any atom is 0.472 e. The molecule has 18 heteroatoms. The molecule has 0 spiro atoms. The quantitative estimate of drug-likeness (QED) is 0.00940. The fourth-order valence-corrected chi connectivity index (χ4v) is 12.5. The van der Waals surface area contributed by atoms with Gasteiger partial charge in [-0.05, 0) is 70.4 Å². The Balaban J connectivity index is 1.16. The van der Waals surface area contributed by atoms with Crippen LogP contribution in [0, 0.1) is 0 Å². The highest BCUT2D eigenvalue weighted by molar-refractivity contribution is 7.47. The van der Waals surface area contributed by atoms with Crippen molar-refractivity contribution in [2.24, 2.45) is 0 Å². The van der Waals surface area contributed by atoms with Gasteiger partial charge in [0, 0.05) is 78.9 Å². The second-order valence-corrected chi connectivity index (χ2v) is 25.9. The van der Waals surface area contributed by atoms with Crippen molar-refractivity contribution in [3.8, 4) is 22.5 Å². The number of rotatable bonds is 55. The second kappa shape index (κ2) is 49.3. The van der Waals surface area contributed by atoms with Gasteiger partial charge in [-0.3, -0.25) is 23.4 Å². The molecule has 1 aliphatic carbocycles. The first-order chi connectivity index (χ1) is 44.9. The smallest absolute Gasteiger partial charge is 0.462 e. The number of anilines is 1. The van der Waals surface area contributed by atoms with Crippen molar-refractivity contribution in [2.45, 2.75) is 253 Å². The SMILES string of the molecule is CCCCCCCCCCCCCCCCCC(=O)OC[C@@H](COP(=O)(O)OCCNC(=O)OCCOCCNC(=O)c1ccccc1-c1c2ccc(=[N+](CC)CC)cc-2oc2cc(N(CC)CC)ccc12)OC(=O)CCCCCCCCCCCCCCCCC. The minimum Gasteiger partial charge on any atom is -0.462 e.